The first-order chi connectivity index (χ1) is 9.28. The fourth-order valence-corrected chi connectivity index (χ4v) is 3.81. The second-order valence-corrected chi connectivity index (χ2v) is 8.04. The standard InChI is InChI=1S/C13H27N3O3S.HI/c1-5-14-12(16-10-13(2,3)19-4)15-8-11-6-7-20(17,18)9-11;/h11H,5-10H2,1-4H3,(H2,14,15,16);1H. The van der Waals surface area contributed by atoms with E-state index in [1.807, 2.05) is 20.8 Å². The summed E-state index contributed by atoms with van der Waals surface area (Å²) in [7, 11) is -1.15. The first kappa shape index (κ1) is 20.9. The Kier molecular flexibility index (Phi) is 9.10. The largest absolute Gasteiger partial charge is 0.377 e. The molecule has 6 nitrogen and oxygen atoms in total. The highest BCUT2D eigenvalue weighted by Gasteiger charge is 2.27. The molecule has 1 atom stereocenters. The van der Waals surface area contributed by atoms with Crippen LogP contribution in [0.1, 0.15) is 27.2 Å². The molecule has 0 aromatic heterocycles. The summed E-state index contributed by atoms with van der Waals surface area (Å²) in [6.45, 7) is 7.90. The number of rotatable bonds is 6. The highest BCUT2D eigenvalue weighted by molar-refractivity contribution is 14.0. The molecule has 0 bridgehead atoms. The summed E-state index contributed by atoms with van der Waals surface area (Å²) >= 11 is 0. The van der Waals surface area contributed by atoms with E-state index in [4.69, 9.17) is 4.74 Å². The molecule has 1 rings (SSSR count). The predicted octanol–water partition coefficient (Wildman–Crippen LogP) is 1.02. The Bertz CT molecular complexity index is 438. The lowest BCUT2D eigenvalue weighted by Crippen LogP contribution is -2.41. The van der Waals surface area contributed by atoms with Gasteiger partial charge in [0.1, 0.15) is 0 Å². The molecule has 0 aliphatic carbocycles. The quantitative estimate of drug-likeness (QED) is 0.372. The lowest BCUT2D eigenvalue weighted by molar-refractivity contribution is 0.0310. The third kappa shape index (κ3) is 8.20. The van der Waals surface area contributed by atoms with Gasteiger partial charge in [-0.3, -0.25) is 4.99 Å². The Morgan fingerprint density at radius 1 is 1.38 bits per heavy atom. The van der Waals surface area contributed by atoms with Gasteiger partial charge in [0, 0.05) is 20.2 Å². The molecule has 1 aliphatic heterocycles. The van der Waals surface area contributed by atoms with Gasteiger partial charge < -0.3 is 15.4 Å². The Hall–Kier alpha value is -0.0900. The van der Waals surface area contributed by atoms with E-state index in [-0.39, 0.29) is 41.2 Å². The van der Waals surface area contributed by atoms with Crippen molar-refractivity contribution in [2.45, 2.75) is 32.8 Å². The van der Waals surface area contributed by atoms with Gasteiger partial charge in [-0.1, -0.05) is 0 Å². The van der Waals surface area contributed by atoms with E-state index < -0.39 is 9.84 Å². The lowest BCUT2D eigenvalue weighted by Gasteiger charge is -2.21. The van der Waals surface area contributed by atoms with Crippen molar-refractivity contribution in [2.24, 2.45) is 10.9 Å². The number of sulfone groups is 1. The second kappa shape index (κ2) is 9.14. The van der Waals surface area contributed by atoms with Crippen LogP contribution in [0.25, 0.3) is 0 Å². The van der Waals surface area contributed by atoms with Crippen molar-refractivity contribution in [3.63, 3.8) is 0 Å². The van der Waals surface area contributed by atoms with Crippen molar-refractivity contribution in [3.8, 4) is 0 Å². The van der Waals surface area contributed by atoms with Crippen LogP contribution < -0.4 is 10.6 Å². The molecule has 0 aromatic carbocycles. The number of ether oxygens (including phenoxy) is 1. The van der Waals surface area contributed by atoms with Crippen molar-refractivity contribution < 1.29 is 13.2 Å². The number of hydrogen-bond acceptors (Lipinski definition) is 4. The molecule has 2 N–H and O–H groups in total. The topological polar surface area (TPSA) is 79.8 Å². The number of nitrogens with one attached hydrogen (secondary N) is 2. The minimum absolute atomic E-state index is 0. The number of methoxy groups -OCH3 is 1. The molecule has 0 saturated carbocycles. The number of nitrogens with zero attached hydrogens (tertiary/aromatic N) is 1. The molecule has 126 valence electrons. The van der Waals surface area contributed by atoms with Crippen molar-refractivity contribution in [1.82, 2.24) is 10.6 Å². The van der Waals surface area contributed by atoms with Crippen molar-refractivity contribution in [1.29, 1.82) is 0 Å². The highest BCUT2D eigenvalue weighted by Crippen LogP contribution is 2.17. The summed E-state index contributed by atoms with van der Waals surface area (Å²) in [5.41, 5.74) is -0.306. The fourth-order valence-electron chi connectivity index (χ4n) is 1.95. The van der Waals surface area contributed by atoms with Gasteiger partial charge in [-0.25, -0.2) is 8.42 Å². The number of aliphatic imine (C=N–C) groups is 1. The maximum absolute atomic E-state index is 11.4. The van der Waals surface area contributed by atoms with Gasteiger partial charge in [0.2, 0.25) is 0 Å². The Balaban J connectivity index is 0.00000400. The smallest absolute Gasteiger partial charge is 0.191 e. The Morgan fingerprint density at radius 3 is 2.52 bits per heavy atom. The second-order valence-electron chi connectivity index (χ2n) is 5.81. The molecule has 1 heterocycles. The lowest BCUT2D eigenvalue weighted by atomic mass is 10.1. The minimum atomic E-state index is -2.82. The highest BCUT2D eigenvalue weighted by atomic mass is 127. The van der Waals surface area contributed by atoms with Gasteiger partial charge in [0.15, 0.2) is 15.8 Å². The zero-order chi connectivity index (χ0) is 15.2. The average molecular weight is 433 g/mol. The number of hydrogen-bond donors (Lipinski definition) is 2. The maximum atomic E-state index is 11.4. The van der Waals surface area contributed by atoms with Crippen LogP contribution in [0.4, 0.5) is 0 Å². The van der Waals surface area contributed by atoms with E-state index in [9.17, 15) is 8.42 Å². The molecular formula is C13H28IN3O3S. The predicted molar refractivity (Wildman–Crippen MR) is 97.2 cm³/mol. The summed E-state index contributed by atoms with van der Waals surface area (Å²) < 4.78 is 28.2. The van der Waals surface area contributed by atoms with Gasteiger partial charge >= 0.3 is 0 Å². The van der Waals surface area contributed by atoms with Crippen LogP contribution in [-0.2, 0) is 14.6 Å². The van der Waals surface area contributed by atoms with Crippen LogP contribution in [-0.4, -0.2) is 58.2 Å². The molecular weight excluding hydrogens is 405 g/mol. The Labute approximate surface area is 145 Å². The van der Waals surface area contributed by atoms with E-state index in [2.05, 4.69) is 15.6 Å². The van der Waals surface area contributed by atoms with E-state index in [0.29, 0.717) is 24.8 Å². The zero-order valence-corrected chi connectivity index (χ0v) is 16.5. The van der Waals surface area contributed by atoms with Crippen molar-refractivity contribution >= 4 is 39.8 Å². The third-order valence-corrected chi connectivity index (χ3v) is 5.24. The zero-order valence-electron chi connectivity index (χ0n) is 13.3. The first-order valence-corrected chi connectivity index (χ1v) is 8.88. The summed E-state index contributed by atoms with van der Waals surface area (Å²) in [5.74, 6) is 1.48. The molecule has 1 unspecified atom stereocenters. The molecule has 8 heteroatoms. The molecule has 0 radical (unpaired) electrons. The number of halogens is 1. The summed E-state index contributed by atoms with van der Waals surface area (Å²) in [6.07, 6.45) is 0.734. The van der Waals surface area contributed by atoms with Crippen LogP contribution in [0.15, 0.2) is 4.99 Å². The minimum Gasteiger partial charge on any atom is -0.377 e. The average Bonchev–Trinajstić information content (AvgIpc) is 2.72. The Morgan fingerprint density at radius 2 is 2.05 bits per heavy atom. The SMILES string of the molecule is CCNC(=NCC(C)(C)OC)NCC1CCS(=O)(=O)C1.I. The van der Waals surface area contributed by atoms with E-state index in [1.165, 1.54) is 0 Å². The van der Waals surface area contributed by atoms with Crippen LogP contribution in [0.5, 0.6) is 0 Å². The van der Waals surface area contributed by atoms with Crippen molar-refractivity contribution in [2.75, 3.05) is 38.2 Å². The molecule has 1 aliphatic rings. The van der Waals surface area contributed by atoms with Crippen LogP contribution in [0, 0.1) is 5.92 Å². The third-order valence-electron chi connectivity index (χ3n) is 3.40. The first-order valence-electron chi connectivity index (χ1n) is 7.06. The van der Waals surface area contributed by atoms with Gasteiger partial charge in [0.25, 0.3) is 0 Å². The van der Waals surface area contributed by atoms with E-state index in [1.54, 1.807) is 7.11 Å². The van der Waals surface area contributed by atoms with Crippen LogP contribution >= 0.6 is 24.0 Å². The summed E-state index contributed by atoms with van der Waals surface area (Å²) in [4.78, 5) is 4.47. The molecule has 0 spiro atoms. The van der Waals surface area contributed by atoms with Gasteiger partial charge in [-0.15, -0.1) is 24.0 Å². The van der Waals surface area contributed by atoms with E-state index >= 15 is 0 Å². The molecule has 1 saturated heterocycles. The van der Waals surface area contributed by atoms with Gasteiger partial charge in [0.05, 0.1) is 23.7 Å². The van der Waals surface area contributed by atoms with E-state index in [0.717, 1.165) is 13.0 Å². The van der Waals surface area contributed by atoms with Gasteiger partial charge in [-0.2, -0.15) is 0 Å². The molecule has 0 amide bonds. The summed E-state index contributed by atoms with van der Waals surface area (Å²) in [5, 5.41) is 6.37. The van der Waals surface area contributed by atoms with Crippen LogP contribution in [0.3, 0.4) is 0 Å². The van der Waals surface area contributed by atoms with Crippen LogP contribution in [0.2, 0.25) is 0 Å². The maximum Gasteiger partial charge on any atom is 0.191 e. The molecule has 1 fully saturated rings. The normalized spacial score (nSPS) is 21.7. The van der Waals surface area contributed by atoms with Gasteiger partial charge in [-0.05, 0) is 33.1 Å². The monoisotopic (exact) mass is 433 g/mol. The summed E-state index contributed by atoms with van der Waals surface area (Å²) in [6, 6.07) is 0. The molecule has 21 heavy (non-hydrogen) atoms. The fraction of sp³-hybridized carbons (Fsp3) is 0.923. The number of guanidine groups is 1. The molecule has 0 aromatic rings. The van der Waals surface area contributed by atoms with Crippen molar-refractivity contribution in [3.05, 3.63) is 0 Å².